The van der Waals surface area contributed by atoms with Crippen molar-refractivity contribution in [2.75, 3.05) is 0 Å². The van der Waals surface area contributed by atoms with Crippen molar-refractivity contribution in [3.8, 4) is 12.0 Å². The number of phenols is 1. The van der Waals surface area contributed by atoms with Crippen LogP contribution in [0.2, 0.25) is 0 Å². The van der Waals surface area contributed by atoms with Gasteiger partial charge in [0.05, 0.1) is 0 Å². The van der Waals surface area contributed by atoms with Crippen LogP contribution in [0.4, 0.5) is 0 Å². The van der Waals surface area contributed by atoms with E-state index in [9.17, 15) is 0 Å². The summed E-state index contributed by atoms with van der Waals surface area (Å²) in [5.74, 6) is 0.368. The van der Waals surface area contributed by atoms with Crippen LogP contribution in [0.25, 0.3) is 0 Å². The van der Waals surface area contributed by atoms with Crippen LogP contribution < -0.4 is 0 Å². The Bertz CT molecular complexity index is 232. The monoisotopic (exact) mass is 151 g/mol. The Hall–Kier alpha value is -1.69. The number of nitrogens with zero attached hydrogens (tertiary/aromatic N) is 1. The van der Waals surface area contributed by atoms with Gasteiger partial charge in [0.25, 0.3) is 6.26 Å². The number of hydrogen-bond acceptors (Lipinski definition) is 3. The van der Waals surface area contributed by atoms with Gasteiger partial charge in [-0.1, -0.05) is 18.2 Å². The molecule has 0 aliphatic heterocycles. The van der Waals surface area contributed by atoms with E-state index in [1.54, 1.807) is 6.07 Å². The minimum absolute atomic E-state index is 0.368. The minimum atomic E-state index is 0.368. The third kappa shape index (κ3) is 3.82. The molecule has 0 amide bonds. The summed E-state index contributed by atoms with van der Waals surface area (Å²) in [6, 6.07) is 7.25. The molecule has 1 aromatic carbocycles. The average Bonchev–Trinajstić information content (AvgIpc) is 1.97. The molecule has 0 saturated carbocycles. The molecule has 0 unspecified atom stereocenters. The zero-order valence-electron chi connectivity index (χ0n) is 6.15. The Labute approximate surface area is 65.1 Å². The summed E-state index contributed by atoms with van der Waals surface area (Å²) in [4.78, 5) is 0. The van der Waals surface area contributed by atoms with E-state index in [0.717, 1.165) is 11.8 Å². The van der Waals surface area contributed by atoms with Crippen molar-refractivity contribution in [2.45, 2.75) is 6.92 Å². The molecular formula is C8H9NO2. The normalized spacial score (nSPS) is 7.27. The number of aryl methyl sites for hydroxylation is 1. The molecule has 58 valence electrons. The van der Waals surface area contributed by atoms with Crippen molar-refractivity contribution >= 4 is 0 Å². The third-order valence-electron chi connectivity index (χ3n) is 1.12. The summed E-state index contributed by atoms with van der Waals surface area (Å²) in [6.07, 6.45) is 0.750. The lowest BCUT2D eigenvalue weighted by Gasteiger charge is -1.92. The number of aliphatic hydroxyl groups is 1. The van der Waals surface area contributed by atoms with Gasteiger partial charge in [-0.25, -0.2) is 0 Å². The Morgan fingerprint density at radius 2 is 1.82 bits per heavy atom. The van der Waals surface area contributed by atoms with Crippen LogP contribution in [0.1, 0.15) is 5.56 Å². The van der Waals surface area contributed by atoms with Crippen molar-refractivity contribution in [3.63, 3.8) is 0 Å². The number of phenolic OH excluding ortho intramolecular Hbond substituents is 1. The first kappa shape index (κ1) is 9.31. The van der Waals surface area contributed by atoms with Crippen LogP contribution >= 0.6 is 0 Å². The third-order valence-corrected chi connectivity index (χ3v) is 1.12. The van der Waals surface area contributed by atoms with Crippen LogP contribution in [0.3, 0.4) is 0 Å². The van der Waals surface area contributed by atoms with Gasteiger partial charge in [0.2, 0.25) is 0 Å². The average molecular weight is 151 g/mol. The summed E-state index contributed by atoms with van der Waals surface area (Å²) < 4.78 is 0. The summed E-state index contributed by atoms with van der Waals surface area (Å²) in [5, 5.41) is 22.7. The lowest BCUT2D eigenvalue weighted by atomic mass is 10.2. The maximum atomic E-state index is 8.92. The first-order valence-electron chi connectivity index (χ1n) is 3.00. The lowest BCUT2D eigenvalue weighted by Crippen LogP contribution is -1.68. The molecule has 0 atom stereocenters. The van der Waals surface area contributed by atoms with E-state index in [1.807, 2.05) is 25.1 Å². The van der Waals surface area contributed by atoms with E-state index in [4.69, 9.17) is 15.5 Å². The van der Waals surface area contributed by atoms with Crippen molar-refractivity contribution < 1.29 is 10.2 Å². The zero-order valence-corrected chi connectivity index (χ0v) is 6.15. The molecule has 0 aromatic heterocycles. The Balaban J connectivity index is 0.000000292. The van der Waals surface area contributed by atoms with Crippen molar-refractivity contribution in [1.29, 1.82) is 5.26 Å². The molecule has 0 bridgehead atoms. The molecule has 0 saturated heterocycles. The Kier molecular flexibility index (Phi) is 4.34. The molecule has 3 nitrogen and oxygen atoms in total. The fourth-order valence-electron chi connectivity index (χ4n) is 0.563. The number of hydrogen-bond donors (Lipinski definition) is 2. The van der Waals surface area contributed by atoms with Crippen molar-refractivity contribution in [1.82, 2.24) is 0 Å². The predicted octanol–water partition coefficient (Wildman–Crippen LogP) is 1.54. The van der Waals surface area contributed by atoms with Gasteiger partial charge in [-0.3, -0.25) is 0 Å². The number of aromatic hydroxyl groups is 1. The number of nitriles is 1. The highest BCUT2D eigenvalue weighted by Crippen LogP contribution is 2.12. The van der Waals surface area contributed by atoms with Crippen LogP contribution in [0.15, 0.2) is 24.3 Å². The van der Waals surface area contributed by atoms with Gasteiger partial charge in [-0.05, 0) is 18.6 Å². The van der Waals surface area contributed by atoms with E-state index in [0.29, 0.717) is 5.75 Å². The van der Waals surface area contributed by atoms with Crippen LogP contribution in [0.5, 0.6) is 5.75 Å². The second-order valence-corrected chi connectivity index (χ2v) is 1.89. The van der Waals surface area contributed by atoms with E-state index in [-0.39, 0.29) is 0 Å². The molecule has 0 spiro atoms. The van der Waals surface area contributed by atoms with Gasteiger partial charge in [-0.2, -0.15) is 5.26 Å². The Morgan fingerprint density at radius 1 is 1.36 bits per heavy atom. The quantitative estimate of drug-likeness (QED) is 0.553. The van der Waals surface area contributed by atoms with Crippen molar-refractivity contribution in [3.05, 3.63) is 29.8 Å². The fourth-order valence-corrected chi connectivity index (χ4v) is 0.563. The minimum Gasteiger partial charge on any atom is -0.508 e. The van der Waals surface area contributed by atoms with E-state index in [1.165, 1.54) is 0 Å². The van der Waals surface area contributed by atoms with E-state index in [2.05, 4.69) is 0 Å². The second-order valence-electron chi connectivity index (χ2n) is 1.89. The standard InChI is InChI=1S/C7H8O.CHNO/c1-6-4-2-3-5-7(6)8;2-1-3/h2-5,8H,1H3;3H. The summed E-state index contributed by atoms with van der Waals surface area (Å²) in [5.41, 5.74) is 0.924. The zero-order chi connectivity index (χ0) is 8.69. The van der Waals surface area contributed by atoms with Crippen LogP contribution in [-0.2, 0) is 0 Å². The largest absolute Gasteiger partial charge is 0.508 e. The van der Waals surface area contributed by atoms with Gasteiger partial charge in [0, 0.05) is 0 Å². The first-order valence-corrected chi connectivity index (χ1v) is 3.00. The number of para-hydroxylation sites is 1. The highest BCUT2D eigenvalue weighted by Gasteiger charge is 1.86. The number of benzene rings is 1. The molecule has 3 heteroatoms. The predicted molar refractivity (Wildman–Crippen MR) is 40.4 cm³/mol. The molecule has 0 fully saturated rings. The maximum Gasteiger partial charge on any atom is 0.283 e. The summed E-state index contributed by atoms with van der Waals surface area (Å²) in [6.45, 7) is 1.87. The van der Waals surface area contributed by atoms with Crippen molar-refractivity contribution in [2.24, 2.45) is 0 Å². The fraction of sp³-hybridized carbons (Fsp3) is 0.125. The molecule has 1 aromatic rings. The SMILES string of the molecule is Cc1ccccc1O.N#CO. The Morgan fingerprint density at radius 3 is 2.09 bits per heavy atom. The molecule has 0 aliphatic carbocycles. The lowest BCUT2D eigenvalue weighted by molar-refractivity contribution is 0.471. The summed E-state index contributed by atoms with van der Waals surface area (Å²) in [7, 11) is 0. The smallest absolute Gasteiger partial charge is 0.283 e. The van der Waals surface area contributed by atoms with Crippen LogP contribution in [0, 0.1) is 18.4 Å². The molecule has 2 N–H and O–H groups in total. The van der Waals surface area contributed by atoms with Gasteiger partial charge in [0.1, 0.15) is 5.75 Å². The van der Waals surface area contributed by atoms with Gasteiger partial charge in [-0.15, -0.1) is 0 Å². The molecule has 0 aliphatic rings. The highest BCUT2D eigenvalue weighted by atomic mass is 16.3. The highest BCUT2D eigenvalue weighted by molar-refractivity contribution is 5.29. The maximum absolute atomic E-state index is 8.92. The van der Waals surface area contributed by atoms with E-state index < -0.39 is 0 Å². The number of rotatable bonds is 0. The molecular weight excluding hydrogens is 142 g/mol. The molecule has 1 rings (SSSR count). The van der Waals surface area contributed by atoms with Gasteiger partial charge >= 0.3 is 0 Å². The second kappa shape index (κ2) is 5.12. The molecule has 0 radical (unpaired) electrons. The van der Waals surface area contributed by atoms with E-state index >= 15 is 0 Å². The number of aliphatic hydroxyl groups excluding tert-OH is 1. The first-order chi connectivity index (χ1) is 5.22. The molecule has 0 heterocycles. The van der Waals surface area contributed by atoms with Gasteiger partial charge < -0.3 is 10.2 Å². The topological polar surface area (TPSA) is 64.2 Å². The van der Waals surface area contributed by atoms with Gasteiger partial charge in [0.15, 0.2) is 0 Å². The summed E-state index contributed by atoms with van der Waals surface area (Å²) >= 11 is 0. The van der Waals surface area contributed by atoms with Crippen LogP contribution in [-0.4, -0.2) is 10.2 Å². The molecule has 11 heavy (non-hydrogen) atoms.